The van der Waals surface area contributed by atoms with E-state index in [-0.39, 0.29) is 18.5 Å². The lowest BCUT2D eigenvalue weighted by atomic mass is 10.1. The first kappa shape index (κ1) is 18.8. The lowest BCUT2D eigenvalue weighted by molar-refractivity contribution is -0.119. The zero-order valence-corrected chi connectivity index (χ0v) is 15.6. The summed E-state index contributed by atoms with van der Waals surface area (Å²) in [5.74, 6) is 6.09. The van der Waals surface area contributed by atoms with E-state index in [9.17, 15) is 9.59 Å². The molecule has 1 heterocycles. The molecule has 0 spiro atoms. The molecule has 0 unspecified atom stereocenters. The van der Waals surface area contributed by atoms with Crippen LogP contribution in [0.15, 0.2) is 48.5 Å². The lowest BCUT2D eigenvalue weighted by Gasteiger charge is -2.26. The first-order valence-corrected chi connectivity index (χ1v) is 9.19. The van der Waals surface area contributed by atoms with Gasteiger partial charge in [-0.2, -0.15) is 0 Å². The summed E-state index contributed by atoms with van der Waals surface area (Å²) in [6.07, 6.45) is 2.62. The number of carbonyl (C=O) groups excluding carboxylic acids is 2. The molecule has 0 atom stereocenters. The number of halogens is 1. The molecule has 3 rings (SSSR count). The molecule has 138 valence electrons. The number of urea groups is 1. The molecule has 3 amide bonds. The number of nitrogens with zero attached hydrogens (tertiary/aromatic N) is 1. The summed E-state index contributed by atoms with van der Waals surface area (Å²) in [6.45, 7) is 1.00. The molecule has 0 radical (unpaired) electrons. The number of benzene rings is 2. The molecule has 1 fully saturated rings. The van der Waals surface area contributed by atoms with Crippen LogP contribution in [0.4, 0.5) is 16.2 Å². The molecule has 2 N–H and O–H groups in total. The van der Waals surface area contributed by atoms with Crippen LogP contribution in [-0.2, 0) is 4.79 Å². The summed E-state index contributed by atoms with van der Waals surface area (Å²) in [5, 5.41) is 5.99. The minimum atomic E-state index is -0.328. The molecule has 0 bridgehead atoms. The van der Waals surface area contributed by atoms with Crippen LogP contribution in [0, 0.1) is 11.8 Å². The van der Waals surface area contributed by atoms with Crippen molar-refractivity contribution in [1.29, 1.82) is 0 Å². The predicted octanol–water partition coefficient (Wildman–Crippen LogP) is 4.03. The third kappa shape index (κ3) is 5.50. The molecule has 5 nitrogen and oxygen atoms in total. The Hall–Kier alpha value is -2.97. The zero-order chi connectivity index (χ0) is 19.1. The van der Waals surface area contributed by atoms with Crippen LogP contribution >= 0.6 is 11.6 Å². The van der Waals surface area contributed by atoms with E-state index in [1.54, 1.807) is 24.3 Å². The van der Waals surface area contributed by atoms with E-state index < -0.39 is 0 Å². The van der Waals surface area contributed by atoms with Crippen LogP contribution in [0.3, 0.4) is 0 Å². The zero-order valence-electron chi connectivity index (χ0n) is 14.8. The van der Waals surface area contributed by atoms with Gasteiger partial charge in [0, 0.05) is 34.9 Å². The van der Waals surface area contributed by atoms with E-state index in [1.807, 2.05) is 29.2 Å². The predicted molar refractivity (Wildman–Crippen MR) is 108 cm³/mol. The van der Waals surface area contributed by atoms with Gasteiger partial charge in [-0.15, -0.1) is 0 Å². The molecule has 2 aromatic carbocycles. The molecule has 2 aromatic rings. The van der Waals surface area contributed by atoms with Crippen LogP contribution < -0.4 is 15.5 Å². The van der Waals surface area contributed by atoms with E-state index >= 15 is 0 Å². The van der Waals surface area contributed by atoms with Crippen molar-refractivity contribution in [2.75, 3.05) is 23.3 Å². The third-order valence-electron chi connectivity index (χ3n) is 4.17. The highest BCUT2D eigenvalue weighted by molar-refractivity contribution is 6.30. The van der Waals surface area contributed by atoms with E-state index in [0.717, 1.165) is 30.6 Å². The number of amides is 3. The Balaban J connectivity index is 1.48. The average Bonchev–Trinajstić information content (AvgIpc) is 2.68. The van der Waals surface area contributed by atoms with Gasteiger partial charge in [-0.1, -0.05) is 23.4 Å². The first-order chi connectivity index (χ1) is 13.1. The summed E-state index contributed by atoms with van der Waals surface area (Å²) >= 11 is 5.80. The topological polar surface area (TPSA) is 61.4 Å². The van der Waals surface area contributed by atoms with Crippen molar-refractivity contribution < 1.29 is 9.59 Å². The van der Waals surface area contributed by atoms with Crippen LogP contribution in [-0.4, -0.2) is 25.0 Å². The van der Waals surface area contributed by atoms with Gasteiger partial charge in [0.25, 0.3) is 0 Å². The monoisotopic (exact) mass is 381 g/mol. The Bertz CT molecular complexity index is 867. The Morgan fingerprint density at radius 3 is 2.52 bits per heavy atom. The fraction of sp³-hybridized carbons (Fsp3) is 0.238. The van der Waals surface area contributed by atoms with Crippen LogP contribution in [0.2, 0.25) is 5.02 Å². The maximum absolute atomic E-state index is 11.9. The van der Waals surface area contributed by atoms with E-state index in [0.29, 0.717) is 17.1 Å². The highest BCUT2D eigenvalue weighted by Crippen LogP contribution is 2.21. The van der Waals surface area contributed by atoms with Gasteiger partial charge in [-0.3, -0.25) is 4.79 Å². The van der Waals surface area contributed by atoms with Crippen LogP contribution in [0.1, 0.15) is 24.8 Å². The van der Waals surface area contributed by atoms with Gasteiger partial charge in [0.15, 0.2) is 0 Å². The van der Waals surface area contributed by atoms with Gasteiger partial charge in [0.1, 0.15) is 0 Å². The fourth-order valence-electron chi connectivity index (χ4n) is 2.78. The molecular weight excluding hydrogens is 362 g/mol. The normalized spacial score (nSPS) is 13.5. The average molecular weight is 382 g/mol. The summed E-state index contributed by atoms with van der Waals surface area (Å²) in [4.78, 5) is 25.6. The third-order valence-corrected chi connectivity index (χ3v) is 4.43. The van der Waals surface area contributed by atoms with Gasteiger partial charge in [0.05, 0.1) is 6.54 Å². The number of carbonyl (C=O) groups is 2. The van der Waals surface area contributed by atoms with Crippen molar-refractivity contribution in [2.24, 2.45) is 0 Å². The van der Waals surface area contributed by atoms with Crippen LogP contribution in [0.25, 0.3) is 0 Å². The number of anilines is 2. The fourth-order valence-corrected chi connectivity index (χ4v) is 2.91. The Labute approximate surface area is 163 Å². The van der Waals surface area contributed by atoms with Gasteiger partial charge >= 0.3 is 6.03 Å². The largest absolute Gasteiger partial charge is 0.327 e. The smallest absolute Gasteiger partial charge is 0.319 e. The molecule has 0 aromatic heterocycles. The second-order valence-corrected chi connectivity index (χ2v) is 6.60. The second-order valence-electron chi connectivity index (χ2n) is 6.17. The summed E-state index contributed by atoms with van der Waals surface area (Å²) in [7, 11) is 0. The van der Waals surface area contributed by atoms with Crippen molar-refractivity contribution in [1.82, 2.24) is 5.32 Å². The Kier molecular flexibility index (Phi) is 6.35. The van der Waals surface area contributed by atoms with Gasteiger partial charge in [-0.25, -0.2) is 4.79 Å². The number of rotatable bonds is 3. The molecule has 0 aliphatic carbocycles. The van der Waals surface area contributed by atoms with E-state index in [1.165, 1.54) is 0 Å². The SMILES string of the molecule is O=C(NCC#Cc1ccc(N2CCCCC2=O)cc1)Nc1ccc(Cl)cc1. The van der Waals surface area contributed by atoms with Crippen molar-refractivity contribution in [2.45, 2.75) is 19.3 Å². The van der Waals surface area contributed by atoms with Crippen molar-refractivity contribution in [3.8, 4) is 11.8 Å². The van der Waals surface area contributed by atoms with Gasteiger partial charge in [0.2, 0.25) is 5.91 Å². The van der Waals surface area contributed by atoms with Crippen molar-refractivity contribution in [3.63, 3.8) is 0 Å². The minimum absolute atomic E-state index is 0.177. The molecule has 1 aliphatic heterocycles. The number of hydrogen-bond acceptors (Lipinski definition) is 2. The molecule has 0 saturated carbocycles. The Morgan fingerprint density at radius 2 is 1.81 bits per heavy atom. The quantitative estimate of drug-likeness (QED) is 0.788. The maximum Gasteiger partial charge on any atom is 0.319 e. The van der Waals surface area contributed by atoms with Crippen molar-refractivity contribution >= 4 is 34.9 Å². The number of hydrogen-bond donors (Lipinski definition) is 2. The Morgan fingerprint density at radius 1 is 1.07 bits per heavy atom. The number of nitrogens with one attached hydrogen (secondary N) is 2. The number of piperidine rings is 1. The molecular formula is C21H20ClN3O2. The summed E-state index contributed by atoms with van der Waals surface area (Å²) in [6, 6.07) is 14.1. The molecule has 27 heavy (non-hydrogen) atoms. The van der Waals surface area contributed by atoms with Crippen LogP contribution in [0.5, 0.6) is 0 Å². The summed E-state index contributed by atoms with van der Waals surface area (Å²) in [5.41, 5.74) is 2.40. The second kappa shape index (κ2) is 9.11. The maximum atomic E-state index is 11.9. The van der Waals surface area contributed by atoms with E-state index in [2.05, 4.69) is 22.5 Å². The molecule has 6 heteroatoms. The minimum Gasteiger partial charge on any atom is -0.327 e. The summed E-state index contributed by atoms with van der Waals surface area (Å²) < 4.78 is 0. The van der Waals surface area contributed by atoms with Gasteiger partial charge in [-0.05, 0) is 61.4 Å². The first-order valence-electron chi connectivity index (χ1n) is 8.81. The molecule has 1 aliphatic rings. The highest BCUT2D eigenvalue weighted by Gasteiger charge is 2.19. The highest BCUT2D eigenvalue weighted by atomic mass is 35.5. The van der Waals surface area contributed by atoms with Gasteiger partial charge < -0.3 is 15.5 Å². The standard InChI is InChI=1S/C21H20ClN3O2/c22-17-8-10-18(11-9-17)24-21(27)23-14-3-4-16-6-12-19(13-7-16)25-15-2-1-5-20(25)26/h6-13H,1-2,5,14-15H2,(H2,23,24,27). The lowest BCUT2D eigenvalue weighted by Crippen LogP contribution is -2.35. The van der Waals surface area contributed by atoms with E-state index in [4.69, 9.17) is 11.6 Å². The molecule has 1 saturated heterocycles. The van der Waals surface area contributed by atoms with Crippen molar-refractivity contribution in [3.05, 3.63) is 59.1 Å².